The molecule has 0 fully saturated rings. The number of aromatic nitrogens is 2. The molecule has 0 aliphatic heterocycles. The molecule has 21 heavy (non-hydrogen) atoms. The molecule has 0 spiro atoms. The van der Waals surface area contributed by atoms with E-state index in [-0.39, 0.29) is 6.04 Å². The van der Waals surface area contributed by atoms with Crippen molar-refractivity contribution >= 4 is 0 Å². The number of nitrogens with zero attached hydrogens (tertiary/aromatic N) is 2. The van der Waals surface area contributed by atoms with Gasteiger partial charge in [-0.1, -0.05) is 18.2 Å². The zero-order valence-electron chi connectivity index (χ0n) is 12.5. The fourth-order valence-electron chi connectivity index (χ4n) is 2.65. The van der Waals surface area contributed by atoms with Gasteiger partial charge in [-0.15, -0.1) is 0 Å². The van der Waals surface area contributed by atoms with E-state index in [1.165, 1.54) is 0 Å². The molecule has 1 N–H and O–H groups in total. The topological polar surface area (TPSA) is 43.0 Å². The fourth-order valence-corrected chi connectivity index (χ4v) is 2.65. The quantitative estimate of drug-likeness (QED) is 0.797. The molecule has 0 radical (unpaired) electrons. The SMILES string of the molecule is CNC(c1cnn(-c2ccccc2)c1)c1cc(C)oc1C. The van der Waals surface area contributed by atoms with Crippen molar-refractivity contribution in [3.63, 3.8) is 0 Å². The first-order valence-electron chi connectivity index (χ1n) is 7.03. The lowest BCUT2D eigenvalue weighted by molar-refractivity contribution is 0.497. The highest BCUT2D eigenvalue weighted by Crippen LogP contribution is 2.27. The minimum atomic E-state index is 0.0833. The first-order valence-corrected chi connectivity index (χ1v) is 7.03. The Morgan fingerprint density at radius 1 is 1.19 bits per heavy atom. The van der Waals surface area contributed by atoms with Gasteiger partial charge in [0.05, 0.1) is 17.9 Å². The molecule has 0 bridgehead atoms. The molecule has 1 unspecified atom stereocenters. The standard InChI is InChI=1S/C17H19N3O/c1-12-9-16(13(2)21-12)17(18-3)14-10-19-20(11-14)15-7-5-4-6-8-15/h4-11,17-18H,1-3H3. The number of hydrogen-bond donors (Lipinski definition) is 1. The van der Waals surface area contributed by atoms with Crippen molar-refractivity contribution in [2.45, 2.75) is 19.9 Å². The molecular weight excluding hydrogens is 262 g/mol. The van der Waals surface area contributed by atoms with E-state index in [4.69, 9.17) is 4.42 Å². The van der Waals surface area contributed by atoms with Gasteiger partial charge < -0.3 is 9.73 Å². The summed E-state index contributed by atoms with van der Waals surface area (Å²) >= 11 is 0. The molecule has 0 saturated heterocycles. The summed E-state index contributed by atoms with van der Waals surface area (Å²) in [6.07, 6.45) is 3.95. The first kappa shape index (κ1) is 13.6. The molecule has 0 aliphatic rings. The predicted octanol–water partition coefficient (Wildman–Crippen LogP) is 3.39. The van der Waals surface area contributed by atoms with Gasteiger partial charge in [0.1, 0.15) is 11.5 Å². The van der Waals surface area contributed by atoms with Crippen molar-refractivity contribution in [3.05, 3.63) is 71.4 Å². The van der Waals surface area contributed by atoms with Crippen LogP contribution in [0.3, 0.4) is 0 Å². The maximum atomic E-state index is 5.64. The Labute approximate surface area is 124 Å². The minimum absolute atomic E-state index is 0.0833. The summed E-state index contributed by atoms with van der Waals surface area (Å²) in [4.78, 5) is 0. The minimum Gasteiger partial charge on any atom is -0.466 e. The second kappa shape index (κ2) is 5.58. The van der Waals surface area contributed by atoms with Crippen molar-refractivity contribution < 1.29 is 4.42 Å². The van der Waals surface area contributed by atoms with Crippen molar-refractivity contribution in [2.24, 2.45) is 0 Å². The molecule has 0 saturated carbocycles. The predicted molar refractivity (Wildman–Crippen MR) is 82.6 cm³/mol. The largest absolute Gasteiger partial charge is 0.466 e. The van der Waals surface area contributed by atoms with E-state index in [1.807, 2.05) is 62.1 Å². The van der Waals surface area contributed by atoms with Crippen molar-refractivity contribution in [2.75, 3.05) is 7.05 Å². The zero-order chi connectivity index (χ0) is 14.8. The molecule has 108 valence electrons. The van der Waals surface area contributed by atoms with Gasteiger partial charge >= 0.3 is 0 Å². The maximum absolute atomic E-state index is 5.64. The Balaban J connectivity index is 1.96. The smallest absolute Gasteiger partial charge is 0.106 e. The summed E-state index contributed by atoms with van der Waals surface area (Å²) < 4.78 is 7.53. The van der Waals surface area contributed by atoms with Gasteiger partial charge in [-0.3, -0.25) is 0 Å². The van der Waals surface area contributed by atoms with E-state index in [0.29, 0.717) is 0 Å². The molecule has 2 heterocycles. The lowest BCUT2D eigenvalue weighted by Crippen LogP contribution is -2.17. The van der Waals surface area contributed by atoms with Gasteiger partial charge in [0.2, 0.25) is 0 Å². The summed E-state index contributed by atoms with van der Waals surface area (Å²) in [5.74, 6) is 1.87. The van der Waals surface area contributed by atoms with Crippen LogP contribution < -0.4 is 5.32 Å². The number of benzene rings is 1. The van der Waals surface area contributed by atoms with Crippen LogP contribution in [0.15, 0.2) is 53.2 Å². The third kappa shape index (κ3) is 2.62. The summed E-state index contributed by atoms with van der Waals surface area (Å²) in [5.41, 5.74) is 3.33. The van der Waals surface area contributed by atoms with Gasteiger partial charge in [-0.25, -0.2) is 4.68 Å². The van der Waals surface area contributed by atoms with Gasteiger partial charge in [-0.2, -0.15) is 5.10 Å². The van der Waals surface area contributed by atoms with Crippen LogP contribution in [0.4, 0.5) is 0 Å². The lowest BCUT2D eigenvalue weighted by atomic mass is 10.0. The summed E-state index contributed by atoms with van der Waals surface area (Å²) in [6, 6.07) is 12.3. The summed E-state index contributed by atoms with van der Waals surface area (Å²) in [7, 11) is 1.95. The highest BCUT2D eigenvalue weighted by molar-refractivity contribution is 5.35. The van der Waals surface area contributed by atoms with Crippen molar-refractivity contribution in [3.8, 4) is 5.69 Å². The van der Waals surface area contributed by atoms with E-state index in [0.717, 1.165) is 28.3 Å². The normalized spacial score (nSPS) is 12.5. The Hall–Kier alpha value is -2.33. The van der Waals surface area contributed by atoms with Crippen molar-refractivity contribution in [1.29, 1.82) is 0 Å². The number of rotatable bonds is 4. The van der Waals surface area contributed by atoms with Gasteiger partial charge in [-0.05, 0) is 39.1 Å². The molecular formula is C17H19N3O. The van der Waals surface area contributed by atoms with Crippen LogP contribution in [0, 0.1) is 13.8 Å². The highest BCUT2D eigenvalue weighted by Gasteiger charge is 2.19. The molecule has 4 heteroatoms. The van der Waals surface area contributed by atoms with Crippen LogP contribution in [0.5, 0.6) is 0 Å². The first-order chi connectivity index (χ1) is 10.2. The highest BCUT2D eigenvalue weighted by atomic mass is 16.3. The van der Waals surface area contributed by atoms with Crippen LogP contribution in [0.25, 0.3) is 5.69 Å². The maximum Gasteiger partial charge on any atom is 0.106 e. The third-order valence-electron chi connectivity index (χ3n) is 3.64. The molecule has 2 aromatic heterocycles. The van der Waals surface area contributed by atoms with E-state index in [2.05, 4.69) is 22.7 Å². The lowest BCUT2D eigenvalue weighted by Gasteiger charge is -2.13. The number of nitrogens with one attached hydrogen (secondary N) is 1. The van der Waals surface area contributed by atoms with Crippen LogP contribution in [-0.2, 0) is 0 Å². The average Bonchev–Trinajstić information content (AvgIpc) is 3.09. The number of para-hydroxylation sites is 1. The van der Waals surface area contributed by atoms with Crippen LogP contribution >= 0.6 is 0 Å². The van der Waals surface area contributed by atoms with E-state index >= 15 is 0 Å². The Morgan fingerprint density at radius 2 is 1.95 bits per heavy atom. The van der Waals surface area contributed by atoms with Crippen LogP contribution in [-0.4, -0.2) is 16.8 Å². The molecule has 4 nitrogen and oxygen atoms in total. The van der Waals surface area contributed by atoms with Crippen molar-refractivity contribution in [1.82, 2.24) is 15.1 Å². The number of furan rings is 1. The average molecular weight is 281 g/mol. The molecule has 1 aromatic carbocycles. The second-order valence-electron chi connectivity index (χ2n) is 5.14. The Bertz CT molecular complexity index is 728. The van der Waals surface area contributed by atoms with Gasteiger partial charge in [0, 0.05) is 17.3 Å². The Morgan fingerprint density at radius 3 is 2.57 bits per heavy atom. The van der Waals surface area contributed by atoms with Crippen LogP contribution in [0.1, 0.15) is 28.7 Å². The Kier molecular flexibility index (Phi) is 3.62. The summed E-state index contributed by atoms with van der Waals surface area (Å²) in [5, 5.41) is 7.80. The summed E-state index contributed by atoms with van der Waals surface area (Å²) in [6.45, 7) is 3.96. The van der Waals surface area contributed by atoms with Gasteiger partial charge in [0.25, 0.3) is 0 Å². The van der Waals surface area contributed by atoms with Gasteiger partial charge in [0.15, 0.2) is 0 Å². The van der Waals surface area contributed by atoms with E-state index < -0.39 is 0 Å². The third-order valence-corrected chi connectivity index (χ3v) is 3.64. The molecule has 0 aliphatic carbocycles. The van der Waals surface area contributed by atoms with E-state index in [1.54, 1.807) is 0 Å². The zero-order valence-corrected chi connectivity index (χ0v) is 12.5. The number of hydrogen-bond acceptors (Lipinski definition) is 3. The van der Waals surface area contributed by atoms with Crippen LogP contribution in [0.2, 0.25) is 0 Å². The molecule has 1 atom stereocenters. The second-order valence-corrected chi connectivity index (χ2v) is 5.14. The molecule has 3 aromatic rings. The fraction of sp³-hybridized carbons (Fsp3) is 0.235. The molecule has 0 amide bonds. The van der Waals surface area contributed by atoms with E-state index in [9.17, 15) is 0 Å². The number of aryl methyl sites for hydroxylation is 2. The monoisotopic (exact) mass is 281 g/mol. The molecule has 3 rings (SSSR count).